The summed E-state index contributed by atoms with van der Waals surface area (Å²) >= 11 is 6.13. The van der Waals surface area contributed by atoms with E-state index < -0.39 is 0 Å². The Labute approximate surface area is 178 Å². The number of urea groups is 1. The van der Waals surface area contributed by atoms with Crippen molar-refractivity contribution in [3.05, 3.63) is 94.8 Å². The Morgan fingerprint density at radius 2 is 1.83 bits per heavy atom. The average Bonchev–Trinajstić information content (AvgIpc) is 3.17. The quantitative estimate of drug-likeness (QED) is 0.509. The Morgan fingerprint density at radius 3 is 2.55 bits per heavy atom. The van der Waals surface area contributed by atoms with Gasteiger partial charge >= 0.3 is 6.03 Å². The first-order chi connectivity index (χ1) is 14.1. The van der Waals surface area contributed by atoms with Gasteiger partial charge in [0.05, 0.1) is 6.54 Å². The zero-order valence-electron chi connectivity index (χ0n) is 17.0. The number of hydrogen-bond donors (Lipinski definition) is 1. The maximum atomic E-state index is 12.9. The molecule has 5 heteroatoms. The molecule has 152 valence electrons. The van der Waals surface area contributed by atoms with Gasteiger partial charge in [-0.2, -0.15) is 0 Å². The molecule has 0 saturated heterocycles. The smallest absolute Gasteiger partial charge is 0.318 e. The molecule has 0 radical (unpaired) electrons. The molecule has 0 saturated carbocycles. The van der Waals surface area contributed by atoms with E-state index in [0.29, 0.717) is 13.1 Å². The molecule has 2 amide bonds. The third kappa shape index (κ3) is 5.88. The number of benzene rings is 2. The summed E-state index contributed by atoms with van der Waals surface area (Å²) in [6, 6.07) is 22.1. The first-order valence-corrected chi connectivity index (χ1v) is 10.4. The molecule has 0 aliphatic heterocycles. The highest BCUT2D eigenvalue weighted by Crippen LogP contribution is 2.16. The monoisotopic (exact) mass is 409 g/mol. The number of aromatic nitrogens is 1. The Bertz CT molecular complexity index is 923. The van der Waals surface area contributed by atoms with Crippen LogP contribution in [0.15, 0.2) is 72.9 Å². The lowest BCUT2D eigenvalue weighted by atomic mass is 10.2. The first-order valence-electron chi connectivity index (χ1n) is 10.0. The minimum Gasteiger partial charge on any atom is -0.345 e. The summed E-state index contributed by atoms with van der Waals surface area (Å²) in [5.74, 6) is 0. The lowest BCUT2D eigenvalue weighted by Crippen LogP contribution is -2.44. The van der Waals surface area contributed by atoms with Gasteiger partial charge < -0.3 is 14.8 Å². The molecular formula is C24H28ClN3O. The number of hydrogen-bond acceptors (Lipinski definition) is 1. The van der Waals surface area contributed by atoms with Gasteiger partial charge in [-0.3, -0.25) is 0 Å². The van der Waals surface area contributed by atoms with Crippen molar-refractivity contribution >= 4 is 17.6 Å². The number of rotatable bonds is 8. The van der Waals surface area contributed by atoms with Crippen molar-refractivity contribution in [3.8, 4) is 0 Å². The van der Waals surface area contributed by atoms with E-state index >= 15 is 0 Å². The van der Waals surface area contributed by atoms with Crippen LogP contribution in [-0.4, -0.2) is 21.5 Å². The summed E-state index contributed by atoms with van der Waals surface area (Å²) in [6.07, 6.45) is 2.95. The van der Waals surface area contributed by atoms with E-state index in [-0.39, 0.29) is 12.1 Å². The molecule has 2 aromatic carbocycles. The van der Waals surface area contributed by atoms with Crippen molar-refractivity contribution in [1.29, 1.82) is 0 Å². The van der Waals surface area contributed by atoms with Crippen LogP contribution >= 0.6 is 11.6 Å². The molecule has 0 fully saturated rings. The standard InChI is InChI=1S/C24H28ClN3O/c1-3-19(2)28(24(29)26-16-20-9-5-4-6-10-20)18-23-13-8-14-27(23)17-21-11-7-12-22(25)15-21/h4-15,19H,3,16-18H2,1-2H3,(H,26,29)/t19-/m0/s1. The predicted octanol–water partition coefficient (Wildman–Crippen LogP) is 5.70. The Hall–Kier alpha value is -2.72. The molecule has 0 unspecified atom stereocenters. The third-order valence-corrected chi connectivity index (χ3v) is 5.40. The maximum Gasteiger partial charge on any atom is 0.318 e. The number of amides is 2. The third-order valence-electron chi connectivity index (χ3n) is 5.17. The van der Waals surface area contributed by atoms with Gasteiger partial charge in [0.15, 0.2) is 0 Å². The lowest BCUT2D eigenvalue weighted by molar-refractivity contribution is 0.171. The highest BCUT2D eigenvalue weighted by Gasteiger charge is 2.20. The van der Waals surface area contributed by atoms with Crippen LogP contribution < -0.4 is 5.32 Å². The van der Waals surface area contributed by atoms with Crippen LogP contribution in [0.4, 0.5) is 4.79 Å². The highest BCUT2D eigenvalue weighted by atomic mass is 35.5. The van der Waals surface area contributed by atoms with Crippen molar-refractivity contribution in [2.24, 2.45) is 0 Å². The van der Waals surface area contributed by atoms with Crippen LogP contribution in [-0.2, 0) is 19.6 Å². The summed E-state index contributed by atoms with van der Waals surface area (Å²) in [5, 5.41) is 3.80. The van der Waals surface area contributed by atoms with E-state index in [2.05, 4.69) is 35.9 Å². The topological polar surface area (TPSA) is 37.3 Å². The van der Waals surface area contributed by atoms with Crippen LogP contribution in [0.3, 0.4) is 0 Å². The van der Waals surface area contributed by atoms with Crippen LogP contribution in [0, 0.1) is 0 Å². The number of nitrogens with zero attached hydrogens (tertiary/aromatic N) is 2. The fourth-order valence-electron chi connectivity index (χ4n) is 3.28. The molecular weight excluding hydrogens is 382 g/mol. The summed E-state index contributed by atoms with van der Waals surface area (Å²) in [7, 11) is 0. The molecule has 0 aliphatic rings. The van der Waals surface area contributed by atoms with E-state index in [1.165, 1.54) is 0 Å². The summed E-state index contributed by atoms with van der Waals surface area (Å²) in [5.41, 5.74) is 3.33. The van der Waals surface area contributed by atoms with Crippen LogP contribution in [0.25, 0.3) is 0 Å². The van der Waals surface area contributed by atoms with Crippen molar-refractivity contribution in [2.45, 2.75) is 45.9 Å². The predicted molar refractivity (Wildman–Crippen MR) is 119 cm³/mol. The van der Waals surface area contributed by atoms with E-state index in [9.17, 15) is 4.79 Å². The normalized spacial score (nSPS) is 11.8. The Kier molecular flexibility index (Phi) is 7.36. The second-order valence-corrected chi connectivity index (χ2v) is 7.72. The van der Waals surface area contributed by atoms with Gasteiger partial charge in [-0.1, -0.05) is 61.0 Å². The van der Waals surface area contributed by atoms with E-state index in [0.717, 1.165) is 34.8 Å². The fraction of sp³-hybridized carbons (Fsp3) is 0.292. The SMILES string of the molecule is CC[C@H](C)N(Cc1cccn1Cc1cccc(Cl)c1)C(=O)NCc1ccccc1. The summed E-state index contributed by atoms with van der Waals surface area (Å²) in [6.45, 7) is 6.00. The van der Waals surface area contributed by atoms with Gasteiger partial charge in [0.2, 0.25) is 0 Å². The average molecular weight is 410 g/mol. The molecule has 1 aromatic heterocycles. The first kappa shape index (κ1) is 21.0. The molecule has 0 spiro atoms. The van der Waals surface area contributed by atoms with Crippen LogP contribution in [0.5, 0.6) is 0 Å². The fourth-order valence-corrected chi connectivity index (χ4v) is 3.49. The second kappa shape index (κ2) is 10.2. The van der Waals surface area contributed by atoms with Gasteiger partial charge in [0.25, 0.3) is 0 Å². The summed E-state index contributed by atoms with van der Waals surface area (Å²) < 4.78 is 2.17. The number of carbonyl (C=O) groups is 1. The maximum absolute atomic E-state index is 12.9. The van der Waals surface area contributed by atoms with Gasteiger partial charge in [-0.15, -0.1) is 0 Å². The van der Waals surface area contributed by atoms with Gasteiger partial charge in [0.1, 0.15) is 0 Å². The largest absolute Gasteiger partial charge is 0.345 e. The van der Waals surface area contributed by atoms with Gasteiger partial charge in [0, 0.05) is 36.0 Å². The zero-order valence-corrected chi connectivity index (χ0v) is 17.8. The lowest BCUT2D eigenvalue weighted by Gasteiger charge is -2.29. The molecule has 29 heavy (non-hydrogen) atoms. The van der Waals surface area contributed by atoms with E-state index in [4.69, 9.17) is 11.6 Å². The van der Waals surface area contributed by atoms with Gasteiger partial charge in [-0.05, 0) is 48.7 Å². The molecule has 4 nitrogen and oxygen atoms in total. The van der Waals surface area contributed by atoms with E-state index in [1.807, 2.05) is 65.7 Å². The molecule has 0 aliphatic carbocycles. The summed E-state index contributed by atoms with van der Waals surface area (Å²) in [4.78, 5) is 14.9. The zero-order chi connectivity index (χ0) is 20.6. The molecule has 1 N–H and O–H groups in total. The molecule has 3 aromatic rings. The van der Waals surface area contributed by atoms with Gasteiger partial charge in [-0.25, -0.2) is 4.79 Å². The van der Waals surface area contributed by atoms with Crippen molar-refractivity contribution in [3.63, 3.8) is 0 Å². The van der Waals surface area contributed by atoms with E-state index in [1.54, 1.807) is 0 Å². The Balaban J connectivity index is 1.70. The number of carbonyl (C=O) groups excluding carboxylic acids is 1. The van der Waals surface area contributed by atoms with Crippen molar-refractivity contribution in [2.75, 3.05) is 0 Å². The molecule has 1 heterocycles. The highest BCUT2D eigenvalue weighted by molar-refractivity contribution is 6.30. The Morgan fingerprint density at radius 1 is 1.07 bits per heavy atom. The number of nitrogens with one attached hydrogen (secondary N) is 1. The van der Waals surface area contributed by atoms with Crippen LogP contribution in [0.1, 0.15) is 37.1 Å². The molecule has 3 rings (SSSR count). The number of halogens is 1. The molecule has 1 atom stereocenters. The van der Waals surface area contributed by atoms with Crippen molar-refractivity contribution < 1.29 is 4.79 Å². The van der Waals surface area contributed by atoms with Crippen LogP contribution in [0.2, 0.25) is 5.02 Å². The second-order valence-electron chi connectivity index (χ2n) is 7.29. The van der Waals surface area contributed by atoms with Crippen molar-refractivity contribution in [1.82, 2.24) is 14.8 Å². The molecule has 0 bridgehead atoms. The minimum atomic E-state index is -0.0429. The minimum absolute atomic E-state index is 0.0429.